The summed E-state index contributed by atoms with van der Waals surface area (Å²) in [5, 5.41) is 0. The van der Waals surface area contributed by atoms with Gasteiger partial charge < -0.3 is 14.2 Å². The molecule has 2 heterocycles. The number of piperazine rings is 1. The summed E-state index contributed by atoms with van der Waals surface area (Å²) >= 11 is 0. The minimum atomic E-state index is 0.327. The zero-order valence-electron chi connectivity index (χ0n) is 21.0. The van der Waals surface area contributed by atoms with Crippen molar-refractivity contribution in [3.8, 4) is 17.2 Å². The predicted molar refractivity (Wildman–Crippen MR) is 140 cm³/mol. The lowest BCUT2D eigenvalue weighted by atomic mass is 9.82. The Labute approximate surface area is 209 Å². The first-order valence-electron chi connectivity index (χ1n) is 12.6. The molecule has 3 aromatic carbocycles. The van der Waals surface area contributed by atoms with Gasteiger partial charge in [0.15, 0.2) is 11.5 Å². The van der Waals surface area contributed by atoms with Crippen LogP contribution in [0.25, 0.3) is 0 Å². The molecule has 0 N–H and O–H groups in total. The van der Waals surface area contributed by atoms with Crippen LogP contribution in [0.3, 0.4) is 0 Å². The van der Waals surface area contributed by atoms with Crippen LogP contribution in [0.1, 0.15) is 35.4 Å². The molecule has 184 valence electrons. The van der Waals surface area contributed by atoms with E-state index >= 15 is 0 Å². The third kappa shape index (κ3) is 4.89. The lowest BCUT2D eigenvalue weighted by molar-refractivity contribution is 0.0380. The second-order valence-corrected chi connectivity index (χ2v) is 9.61. The molecule has 2 aliphatic heterocycles. The van der Waals surface area contributed by atoms with E-state index in [4.69, 9.17) is 14.2 Å². The van der Waals surface area contributed by atoms with Crippen LogP contribution in [0.2, 0.25) is 0 Å². The van der Waals surface area contributed by atoms with Gasteiger partial charge in [0.05, 0.1) is 21.3 Å². The molecule has 2 saturated heterocycles. The van der Waals surface area contributed by atoms with E-state index in [2.05, 4.69) is 76.5 Å². The first-order valence-corrected chi connectivity index (χ1v) is 12.6. The monoisotopic (exact) mass is 472 g/mol. The van der Waals surface area contributed by atoms with Crippen molar-refractivity contribution in [3.63, 3.8) is 0 Å². The Bertz CT molecular complexity index is 1070. The highest BCUT2D eigenvalue weighted by atomic mass is 16.5. The Morgan fingerprint density at radius 2 is 1.37 bits per heavy atom. The summed E-state index contributed by atoms with van der Waals surface area (Å²) in [5.41, 5.74) is 3.91. The molecule has 0 bridgehead atoms. The van der Waals surface area contributed by atoms with Crippen LogP contribution < -0.4 is 14.2 Å². The van der Waals surface area contributed by atoms with Crippen molar-refractivity contribution in [2.24, 2.45) is 0 Å². The van der Waals surface area contributed by atoms with Crippen molar-refractivity contribution in [1.82, 2.24) is 9.80 Å². The number of nitrogens with zero attached hydrogens (tertiary/aromatic N) is 2. The summed E-state index contributed by atoms with van der Waals surface area (Å²) in [5.74, 6) is 2.61. The number of methoxy groups -OCH3 is 3. The SMILES string of the molecule is COc1cc(OC)c(OC)cc1CN1C[C@@H]2CCCN2[C@H](C(c2ccccc2)c2ccccc2)C1. The van der Waals surface area contributed by atoms with E-state index in [-0.39, 0.29) is 0 Å². The van der Waals surface area contributed by atoms with E-state index in [0.29, 0.717) is 23.8 Å². The van der Waals surface area contributed by atoms with E-state index in [1.807, 2.05) is 6.07 Å². The Kier molecular flexibility index (Phi) is 7.26. The fourth-order valence-electron chi connectivity index (χ4n) is 6.07. The van der Waals surface area contributed by atoms with Crippen LogP contribution in [0, 0.1) is 0 Å². The number of hydrogen-bond donors (Lipinski definition) is 0. The normalized spacial score (nSPS) is 20.6. The summed E-state index contributed by atoms with van der Waals surface area (Å²) in [4.78, 5) is 5.40. The summed E-state index contributed by atoms with van der Waals surface area (Å²) in [7, 11) is 5.07. The Balaban J connectivity index is 1.49. The molecule has 5 heteroatoms. The van der Waals surface area contributed by atoms with Crippen LogP contribution >= 0.6 is 0 Å². The van der Waals surface area contributed by atoms with Crippen molar-refractivity contribution in [2.75, 3.05) is 41.0 Å². The number of hydrogen-bond acceptors (Lipinski definition) is 5. The molecule has 0 unspecified atom stereocenters. The molecule has 0 aliphatic carbocycles. The van der Waals surface area contributed by atoms with Gasteiger partial charge in [-0.05, 0) is 36.6 Å². The van der Waals surface area contributed by atoms with Gasteiger partial charge >= 0.3 is 0 Å². The molecule has 5 rings (SSSR count). The molecule has 0 saturated carbocycles. The maximum atomic E-state index is 5.76. The molecule has 2 fully saturated rings. The molecule has 2 aliphatic rings. The largest absolute Gasteiger partial charge is 0.496 e. The second kappa shape index (κ2) is 10.7. The highest BCUT2D eigenvalue weighted by molar-refractivity contribution is 5.50. The summed E-state index contributed by atoms with van der Waals surface area (Å²) in [6.07, 6.45) is 2.53. The van der Waals surface area contributed by atoms with Gasteiger partial charge in [0, 0.05) is 49.3 Å². The van der Waals surface area contributed by atoms with Crippen LogP contribution in [-0.2, 0) is 6.54 Å². The summed E-state index contributed by atoms with van der Waals surface area (Å²) < 4.78 is 16.9. The highest BCUT2D eigenvalue weighted by Crippen LogP contribution is 2.39. The van der Waals surface area contributed by atoms with Gasteiger partial charge in [-0.15, -0.1) is 0 Å². The van der Waals surface area contributed by atoms with Crippen molar-refractivity contribution < 1.29 is 14.2 Å². The topological polar surface area (TPSA) is 34.2 Å². The van der Waals surface area contributed by atoms with Gasteiger partial charge in [-0.25, -0.2) is 0 Å². The zero-order valence-corrected chi connectivity index (χ0v) is 21.0. The third-order valence-electron chi connectivity index (χ3n) is 7.65. The Hall–Kier alpha value is -3.02. The molecule has 35 heavy (non-hydrogen) atoms. The Morgan fingerprint density at radius 3 is 1.97 bits per heavy atom. The van der Waals surface area contributed by atoms with Crippen molar-refractivity contribution in [2.45, 2.75) is 37.4 Å². The molecular weight excluding hydrogens is 436 g/mol. The zero-order chi connectivity index (χ0) is 24.2. The van der Waals surface area contributed by atoms with Gasteiger partial charge in [-0.1, -0.05) is 60.7 Å². The number of fused-ring (bicyclic) bond motifs is 1. The maximum Gasteiger partial charge on any atom is 0.164 e. The van der Waals surface area contributed by atoms with Crippen LogP contribution in [0.5, 0.6) is 17.2 Å². The Morgan fingerprint density at radius 1 is 0.771 bits per heavy atom. The highest BCUT2D eigenvalue weighted by Gasteiger charge is 2.41. The molecule has 3 aromatic rings. The van der Waals surface area contributed by atoms with Gasteiger partial charge in [-0.3, -0.25) is 9.80 Å². The van der Waals surface area contributed by atoms with E-state index < -0.39 is 0 Å². The van der Waals surface area contributed by atoms with Gasteiger partial charge in [0.1, 0.15) is 5.75 Å². The summed E-state index contributed by atoms with van der Waals surface area (Å²) in [6.45, 7) is 4.08. The van der Waals surface area contributed by atoms with E-state index in [9.17, 15) is 0 Å². The fraction of sp³-hybridized carbons (Fsp3) is 0.400. The fourth-order valence-corrected chi connectivity index (χ4v) is 6.07. The van der Waals surface area contributed by atoms with Gasteiger partial charge in [-0.2, -0.15) is 0 Å². The molecule has 0 spiro atoms. The lowest BCUT2D eigenvalue weighted by Crippen LogP contribution is -2.57. The third-order valence-corrected chi connectivity index (χ3v) is 7.65. The maximum absolute atomic E-state index is 5.76. The summed E-state index contributed by atoms with van der Waals surface area (Å²) in [6, 6.07) is 27.1. The standard InChI is InChI=1S/C30H36N2O3/c1-33-27-18-29(35-3)28(34-2)17-24(27)19-31-20-25-15-10-16-32(25)26(21-31)30(22-11-6-4-7-12-22)23-13-8-5-9-14-23/h4-9,11-14,17-18,25-26,30H,10,15-16,19-21H2,1-3H3/t25-,26-/m0/s1. The molecule has 0 amide bonds. The van der Waals surface area contributed by atoms with E-state index in [0.717, 1.165) is 36.7 Å². The average Bonchev–Trinajstić information content (AvgIpc) is 3.39. The minimum absolute atomic E-state index is 0.327. The van der Waals surface area contributed by atoms with E-state index in [1.165, 1.54) is 30.5 Å². The van der Waals surface area contributed by atoms with Gasteiger partial charge in [0.25, 0.3) is 0 Å². The van der Waals surface area contributed by atoms with E-state index in [1.54, 1.807) is 21.3 Å². The van der Waals surface area contributed by atoms with Crippen molar-refractivity contribution in [1.29, 1.82) is 0 Å². The molecular formula is C30H36N2O3. The first kappa shape index (κ1) is 23.7. The molecule has 2 atom stereocenters. The smallest absolute Gasteiger partial charge is 0.164 e. The van der Waals surface area contributed by atoms with Crippen LogP contribution in [0.4, 0.5) is 0 Å². The second-order valence-electron chi connectivity index (χ2n) is 9.61. The predicted octanol–water partition coefficient (Wildman–Crippen LogP) is 5.19. The number of rotatable bonds is 8. The molecule has 0 aromatic heterocycles. The molecule has 0 radical (unpaired) electrons. The first-order chi connectivity index (χ1) is 17.2. The number of benzene rings is 3. The van der Waals surface area contributed by atoms with Crippen LogP contribution in [0.15, 0.2) is 72.8 Å². The van der Waals surface area contributed by atoms with Crippen LogP contribution in [-0.4, -0.2) is 62.8 Å². The average molecular weight is 473 g/mol. The lowest BCUT2D eigenvalue weighted by Gasteiger charge is -2.47. The minimum Gasteiger partial charge on any atom is -0.496 e. The van der Waals surface area contributed by atoms with Crippen molar-refractivity contribution >= 4 is 0 Å². The van der Waals surface area contributed by atoms with Crippen molar-refractivity contribution in [3.05, 3.63) is 89.5 Å². The van der Waals surface area contributed by atoms with Gasteiger partial charge in [0.2, 0.25) is 0 Å². The number of ether oxygens (including phenoxy) is 3. The quantitative estimate of drug-likeness (QED) is 0.451. The molecule has 5 nitrogen and oxygen atoms in total.